The van der Waals surface area contributed by atoms with E-state index in [9.17, 15) is 14.9 Å². The van der Waals surface area contributed by atoms with Gasteiger partial charge >= 0.3 is 5.97 Å². The fourth-order valence-corrected chi connectivity index (χ4v) is 2.48. The number of carbonyl (C=O) groups is 1. The highest BCUT2D eigenvalue weighted by Crippen LogP contribution is 2.33. The molecule has 0 fully saturated rings. The number of nitro groups is 1. The van der Waals surface area contributed by atoms with Gasteiger partial charge in [0.1, 0.15) is 5.69 Å². The van der Waals surface area contributed by atoms with E-state index in [1.165, 1.54) is 18.2 Å². The molecule has 0 radical (unpaired) electrons. The first-order valence-corrected chi connectivity index (χ1v) is 7.21. The standard InChI is InChI=1S/C13H8Br2N2O4/c14-8-2-4-11(12(6-8)17(20)21)16-10-3-1-7(13(18)19)5-9(10)15/h1-6,16H,(H,18,19). The van der Waals surface area contributed by atoms with Crippen LogP contribution in [0.25, 0.3) is 0 Å². The Hall–Kier alpha value is -1.93. The average molecular weight is 416 g/mol. The summed E-state index contributed by atoms with van der Waals surface area (Å²) >= 11 is 6.43. The first-order chi connectivity index (χ1) is 9.88. The zero-order valence-electron chi connectivity index (χ0n) is 10.3. The second-order valence-electron chi connectivity index (χ2n) is 4.04. The summed E-state index contributed by atoms with van der Waals surface area (Å²) in [6.07, 6.45) is 0. The summed E-state index contributed by atoms with van der Waals surface area (Å²) in [5, 5.41) is 22.9. The van der Waals surface area contributed by atoms with Crippen LogP contribution in [0.3, 0.4) is 0 Å². The van der Waals surface area contributed by atoms with E-state index in [2.05, 4.69) is 37.2 Å². The lowest BCUT2D eigenvalue weighted by molar-refractivity contribution is -0.384. The highest BCUT2D eigenvalue weighted by atomic mass is 79.9. The maximum absolute atomic E-state index is 11.0. The Labute approximate surface area is 136 Å². The maximum atomic E-state index is 11.0. The molecule has 2 aromatic carbocycles. The lowest BCUT2D eigenvalue weighted by atomic mass is 10.2. The molecule has 0 unspecified atom stereocenters. The highest BCUT2D eigenvalue weighted by molar-refractivity contribution is 9.10. The van der Waals surface area contributed by atoms with Gasteiger partial charge < -0.3 is 10.4 Å². The van der Waals surface area contributed by atoms with Crippen LogP contribution in [0.5, 0.6) is 0 Å². The fraction of sp³-hybridized carbons (Fsp3) is 0. The fourth-order valence-electron chi connectivity index (χ4n) is 1.66. The van der Waals surface area contributed by atoms with Gasteiger partial charge in [-0.3, -0.25) is 10.1 Å². The van der Waals surface area contributed by atoms with Gasteiger partial charge in [-0.25, -0.2) is 4.79 Å². The molecule has 0 aliphatic rings. The van der Waals surface area contributed by atoms with Gasteiger partial charge in [-0.15, -0.1) is 0 Å². The molecule has 0 bridgehead atoms. The van der Waals surface area contributed by atoms with E-state index in [4.69, 9.17) is 5.11 Å². The molecule has 108 valence electrons. The largest absolute Gasteiger partial charge is 0.478 e. The molecule has 0 saturated carbocycles. The summed E-state index contributed by atoms with van der Waals surface area (Å²) in [6.45, 7) is 0. The monoisotopic (exact) mass is 414 g/mol. The number of carboxylic acid groups (broad SMARTS) is 1. The number of nitrogens with zero attached hydrogens (tertiary/aromatic N) is 1. The van der Waals surface area contributed by atoms with Crippen molar-refractivity contribution in [3.8, 4) is 0 Å². The molecule has 2 N–H and O–H groups in total. The number of nitro benzene ring substituents is 1. The van der Waals surface area contributed by atoms with Crippen LogP contribution in [-0.4, -0.2) is 16.0 Å². The van der Waals surface area contributed by atoms with Crippen molar-refractivity contribution in [2.75, 3.05) is 5.32 Å². The molecule has 21 heavy (non-hydrogen) atoms. The first-order valence-electron chi connectivity index (χ1n) is 5.62. The number of benzene rings is 2. The molecule has 0 aromatic heterocycles. The number of rotatable bonds is 4. The minimum atomic E-state index is -1.04. The van der Waals surface area contributed by atoms with Gasteiger partial charge in [0.15, 0.2) is 0 Å². The second kappa shape index (κ2) is 6.23. The molecule has 0 saturated heterocycles. The van der Waals surface area contributed by atoms with Crippen molar-refractivity contribution < 1.29 is 14.8 Å². The van der Waals surface area contributed by atoms with Crippen molar-refractivity contribution >= 4 is 54.9 Å². The molecule has 0 aliphatic carbocycles. The van der Waals surface area contributed by atoms with E-state index < -0.39 is 10.9 Å². The summed E-state index contributed by atoms with van der Waals surface area (Å²) in [4.78, 5) is 21.4. The van der Waals surface area contributed by atoms with E-state index in [-0.39, 0.29) is 11.3 Å². The summed E-state index contributed by atoms with van der Waals surface area (Å²) < 4.78 is 1.10. The van der Waals surface area contributed by atoms with Crippen LogP contribution in [-0.2, 0) is 0 Å². The van der Waals surface area contributed by atoms with E-state index in [0.29, 0.717) is 20.3 Å². The van der Waals surface area contributed by atoms with Gasteiger partial charge in [-0.2, -0.15) is 0 Å². The Kier molecular flexibility index (Phi) is 4.59. The van der Waals surface area contributed by atoms with Gasteiger partial charge in [-0.1, -0.05) is 15.9 Å². The van der Waals surface area contributed by atoms with Crippen LogP contribution in [0, 0.1) is 10.1 Å². The zero-order valence-corrected chi connectivity index (χ0v) is 13.5. The molecule has 6 nitrogen and oxygen atoms in total. The minimum absolute atomic E-state index is 0.0846. The number of carboxylic acids is 1. The van der Waals surface area contributed by atoms with Crippen LogP contribution in [0.2, 0.25) is 0 Å². The quantitative estimate of drug-likeness (QED) is 0.563. The smallest absolute Gasteiger partial charge is 0.335 e. The van der Waals surface area contributed by atoms with Gasteiger partial charge in [0.25, 0.3) is 5.69 Å². The molecule has 0 spiro atoms. The van der Waals surface area contributed by atoms with Crippen LogP contribution in [0.1, 0.15) is 10.4 Å². The van der Waals surface area contributed by atoms with Crippen LogP contribution in [0.15, 0.2) is 45.3 Å². The zero-order chi connectivity index (χ0) is 15.6. The number of anilines is 2. The third kappa shape index (κ3) is 3.59. The molecule has 2 rings (SSSR count). The molecule has 0 heterocycles. The maximum Gasteiger partial charge on any atom is 0.335 e. The van der Waals surface area contributed by atoms with E-state index >= 15 is 0 Å². The summed E-state index contributed by atoms with van der Waals surface area (Å²) in [5.41, 5.74) is 0.883. The Balaban J connectivity index is 2.39. The normalized spacial score (nSPS) is 10.2. The number of halogens is 2. The topological polar surface area (TPSA) is 92.5 Å². The third-order valence-electron chi connectivity index (χ3n) is 2.64. The number of hydrogen-bond acceptors (Lipinski definition) is 4. The van der Waals surface area contributed by atoms with Crippen molar-refractivity contribution in [1.29, 1.82) is 0 Å². The van der Waals surface area contributed by atoms with Crippen molar-refractivity contribution in [3.63, 3.8) is 0 Å². The first kappa shape index (κ1) is 15.5. The van der Waals surface area contributed by atoms with Crippen molar-refractivity contribution in [2.24, 2.45) is 0 Å². The summed E-state index contributed by atoms with van der Waals surface area (Å²) in [7, 11) is 0. The molecule has 2 aromatic rings. The summed E-state index contributed by atoms with van der Waals surface area (Å²) in [5.74, 6) is -1.04. The third-order valence-corrected chi connectivity index (χ3v) is 3.79. The van der Waals surface area contributed by atoms with E-state index in [0.717, 1.165) is 0 Å². The number of nitrogens with one attached hydrogen (secondary N) is 1. The van der Waals surface area contributed by atoms with E-state index in [1.807, 2.05) is 0 Å². The second-order valence-corrected chi connectivity index (χ2v) is 5.81. The Morgan fingerprint density at radius 3 is 2.38 bits per heavy atom. The predicted molar refractivity (Wildman–Crippen MR) is 85.2 cm³/mol. The van der Waals surface area contributed by atoms with Crippen LogP contribution < -0.4 is 5.32 Å². The van der Waals surface area contributed by atoms with E-state index in [1.54, 1.807) is 18.2 Å². The Morgan fingerprint density at radius 1 is 1.14 bits per heavy atom. The van der Waals surface area contributed by atoms with Crippen molar-refractivity contribution in [3.05, 3.63) is 61.0 Å². The van der Waals surface area contributed by atoms with Gasteiger partial charge in [-0.05, 0) is 46.3 Å². The number of hydrogen-bond donors (Lipinski definition) is 2. The molecule has 0 aliphatic heterocycles. The molecule has 0 atom stereocenters. The molecule has 0 amide bonds. The van der Waals surface area contributed by atoms with Gasteiger partial charge in [0, 0.05) is 15.0 Å². The highest BCUT2D eigenvalue weighted by Gasteiger charge is 2.15. The Morgan fingerprint density at radius 2 is 1.81 bits per heavy atom. The lowest BCUT2D eigenvalue weighted by Gasteiger charge is -2.10. The predicted octanol–water partition coefficient (Wildman–Crippen LogP) is 4.56. The molecular weight excluding hydrogens is 408 g/mol. The van der Waals surface area contributed by atoms with Gasteiger partial charge in [0.05, 0.1) is 16.2 Å². The van der Waals surface area contributed by atoms with Crippen molar-refractivity contribution in [2.45, 2.75) is 0 Å². The summed E-state index contributed by atoms with van der Waals surface area (Å²) in [6, 6.07) is 9.02. The van der Waals surface area contributed by atoms with Gasteiger partial charge in [0.2, 0.25) is 0 Å². The minimum Gasteiger partial charge on any atom is -0.478 e. The van der Waals surface area contributed by atoms with Crippen LogP contribution >= 0.6 is 31.9 Å². The SMILES string of the molecule is O=C(O)c1ccc(Nc2ccc(Br)cc2[N+](=O)[O-])c(Br)c1. The Bertz CT molecular complexity index is 734. The van der Waals surface area contributed by atoms with Crippen molar-refractivity contribution in [1.82, 2.24) is 0 Å². The molecular formula is C13H8Br2N2O4. The molecule has 8 heteroatoms. The van der Waals surface area contributed by atoms with Crippen LogP contribution in [0.4, 0.5) is 17.1 Å². The number of aromatic carboxylic acids is 1. The average Bonchev–Trinajstić information content (AvgIpc) is 2.42. The lowest BCUT2D eigenvalue weighted by Crippen LogP contribution is -2.00.